The molecule has 0 spiro atoms. The number of nitrogens with one attached hydrogen (secondary N) is 2. The molecular weight excluding hydrogens is 526 g/mol. The molecule has 2 aliphatic heterocycles. The van der Waals surface area contributed by atoms with Crippen molar-refractivity contribution in [2.24, 2.45) is 4.99 Å². The van der Waals surface area contributed by atoms with Crippen molar-refractivity contribution in [3.63, 3.8) is 0 Å². The molecule has 10 heteroatoms. The number of benzene rings is 1. The molecule has 0 saturated carbocycles. The Labute approximate surface area is 205 Å². The van der Waals surface area contributed by atoms with Crippen molar-refractivity contribution in [2.45, 2.75) is 50.3 Å². The van der Waals surface area contributed by atoms with E-state index < -0.39 is 0 Å². The van der Waals surface area contributed by atoms with Crippen LogP contribution in [-0.2, 0) is 34.5 Å². The van der Waals surface area contributed by atoms with Gasteiger partial charge in [-0.05, 0) is 37.0 Å². The van der Waals surface area contributed by atoms with Crippen LogP contribution in [0.1, 0.15) is 36.5 Å². The van der Waals surface area contributed by atoms with Crippen molar-refractivity contribution in [3.8, 4) is 0 Å². The fraction of sp³-hybridized carbons (Fsp3) is 0.591. The van der Waals surface area contributed by atoms with E-state index in [2.05, 4.69) is 25.7 Å². The number of fused-ring (bicyclic) bond motifs is 1. The topological polar surface area (TPSA) is 85.6 Å². The summed E-state index contributed by atoms with van der Waals surface area (Å²) in [6, 6.07) is 7.13. The van der Waals surface area contributed by atoms with Crippen LogP contribution in [0.25, 0.3) is 0 Å². The van der Waals surface area contributed by atoms with Crippen molar-refractivity contribution in [2.75, 3.05) is 33.9 Å². The molecule has 176 valence electrons. The number of hydrogen-bond donors (Lipinski definition) is 2. The molecule has 0 aliphatic carbocycles. The van der Waals surface area contributed by atoms with Crippen molar-refractivity contribution >= 4 is 29.9 Å². The molecule has 1 aromatic heterocycles. The molecule has 0 amide bonds. The van der Waals surface area contributed by atoms with E-state index in [0.717, 1.165) is 55.4 Å². The van der Waals surface area contributed by atoms with Crippen LogP contribution in [0.2, 0.25) is 0 Å². The molecule has 1 unspecified atom stereocenters. The zero-order chi connectivity index (χ0) is 21.7. The minimum Gasteiger partial charge on any atom is -0.381 e. The van der Waals surface area contributed by atoms with E-state index in [-0.39, 0.29) is 41.3 Å². The van der Waals surface area contributed by atoms with Crippen molar-refractivity contribution in [1.29, 1.82) is 0 Å². The summed E-state index contributed by atoms with van der Waals surface area (Å²) in [6.07, 6.45) is 3.49. The predicted molar refractivity (Wildman–Crippen MR) is 131 cm³/mol. The Morgan fingerprint density at radius 1 is 1.38 bits per heavy atom. The highest BCUT2D eigenvalue weighted by Crippen LogP contribution is 2.34. The van der Waals surface area contributed by atoms with Gasteiger partial charge in [0.2, 0.25) is 0 Å². The molecule has 1 saturated heterocycles. The van der Waals surface area contributed by atoms with Gasteiger partial charge in [-0.3, -0.25) is 4.99 Å². The number of hydrogen-bond acceptors (Lipinski definition) is 5. The molecule has 3 heterocycles. The quantitative estimate of drug-likeness (QED) is 0.322. The maximum absolute atomic E-state index is 13.9. The molecule has 32 heavy (non-hydrogen) atoms. The molecule has 0 radical (unpaired) electrons. The lowest BCUT2D eigenvalue weighted by molar-refractivity contribution is 0.0512. The Morgan fingerprint density at radius 3 is 2.91 bits per heavy atom. The van der Waals surface area contributed by atoms with Gasteiger partial charge in [-0.1, -0.05) is 12.1 Å². The molecule has 0 bridgehead atoms. The number of aliphatic imine (C=N–C) groups is 1. The monoisotopic (exact) mass is 558 g/mol. The van der Waals surface area contributed by atoms with Crippen LogP contribution in [0.15, 0.2) is 29.3 Å². The Hall–Kier alpha value is -1.79. The number of nitrogens with zero attached hydrogens (tertiary/aromatic N) is 4. The second kappa shape index (κ2) is 11.4. The molecule has 2 aliphatic rings. The molecule has 1 fully saturated rings. The van der Waals surface area contributed by atoms with Crippen molar-refractivity contribution in [3.05, 3.63) is 47.3 Å². The average Bonchev–Trinajstić information content (AvgIpc) is 3.19. The number of guanidine groups is 1. The normalized spacial score (nSPS) is 20.2. The standard InChI is InChI=1S/C22H31FN6O2.HI/c1-24-21(26-18-6-7-20-27-19(14-30-2)28-29(20)13-18)25-15-22(8-10-31-11-9-22)16-4-3-5-17(23)12-16;/h3-5,12,18H,6-11,13-15H2,1-2H3,(H2,24,25,26);1H. The first kappa shape index (κ1) is 24.8. The van der Waals surface area contributed by atoms with Crippen LogP contribution >= 0.6 is 24.0 Å². The molecule has 8 nitrogen and oxygen atoms in total. The number of methoxy groups -OCH3 is 1. The molecule has 4 rings (SSSR count). The Morgan fingerprint density at radius 2 is 2.19 bits per heavy atom. The summed E-state index contributed by atoms with van der Waals surface area (Å²) in [7, 11) is 3.42. The van der Waals surface area contributed by atoms with Crippen LogP contribution in [0, 0.1) is 5.82 Å². The first-order valence-electron chi connectivity index (χ1n) is 10.8. The molecule has 2 N–H and O–H groups in total. The van der Waals surface area contributed by atoms with Crippen molar-refractivity contribution in [1.82, 2.24) is 25.4 Å². The minimum absolute atomic E-state index is 0. The largest absolute Gasteiger partial charge is 0.381 e. The molecule has 1 aromatic carbocycles. The van der Waals surface area contributed by atoms with Crippen LogP contribution < -0.4 is 10.6 Å². The van der Waals surface area contributed by atoms with Gasteiger partial charge in [-0.2, -0.15) is 5.10 Å². The first-order chi connectivity index (χ1) is 15.1. The Balaban J connectivity index is 0.00000289. The van der Waals surface area contributed by atoms with E-state index in [4.69, 9.17) is 9.47 Å². The van der Waals surface area contributed by atoms with Gasteiger partial charge in [0.1, 0.15) is 18.2 Å². The van der Waals surface area contributed by atoms with Crippen LogP contribution in [-0.4, -0.2) is 60.7 Å². The zero-order valence-corrected chi connectivity index (χ0v) is 21.0. The number of halogens is 2. The van der Waals surface area contributed by atoms with Crippen LogP contribution in [0.4, 0.5) is 4.39 Å². The number of aryl methyl sites for hydroxylation is 1. The summed E-state index contributed by atoms with van der Waals surface area (Å²) in [5.41, 5.74) is 0.827. The van der Waals surface area contributed by atoms with Gasteiger partial charge in [0.05, 0.1) is 6.54 Å². The third-order valence-electron chi connectivity index (χ3n) is 6.22. The lowest BCUT2D eigenvalue weighted by Gasteiger charge is -2.38. The van der Waals surface area contributed by atoms with Gasteiger partial charge in [0.25, 0.3) is 0 Å². The summed E-state index contributed by atoms with van der Waals surface area (Å²) in [4.78, 5) is 8.96. The minimum atomic E-state index is -0.204. The summed E-state index contributed by atoms with van der Waals surface area (Å²) in [5.74, 6) is 2.26. The summed E-state index contributed by atoms with van der Waals surface area (Å²) in [5, 5.41) is 11.5. The van der Waals surface area contributed by atoms with Crippen LogP contribution in [0.5, 0.6) is 0 Å². The second-order valence-corrected chi connectivity index (χ2v) is 8.27. The van der Waals surface area contributed by atoms with E-state index in [9.17, 15) is 4.39 Å². The highest BCUT2D eigenvalue weighted by atomic mass is 127. The van der Waals surface area contributed by atoms with E-state index in [1.54, 1.807) is 26.3 Å². The number of aromatic nitrogens is 3. The second-order valence-electron chi connectivity index (χ2n) is 8.27. The molecule has 2 aromatic rings. The highest BCUT2D eigenvalue weighted by Gasteiger charge is 2.35. The SMILES string of the molecule is CN=C(NCC1(c2cccc(F)c2)CCOCC1)NC1CCc2nc(COC)nn2C1.I. The Kier molecular flexibility index (Phi) is 8.83. The third-order valence-corrected chi connectivity index (χ3v) is 6.22. The average molecular weight is 558 g/mol. The molecular formula is C22H32FIN6O2. The maximum atomic E-state index is 13.9. The van der Waals surface area contributed by atoms with E-state index in [1.807, 2.05) is 10.7 Å². The van der Waals surface area contributed by atoms with Crippen molar-refractivity contribution < 1.29 is 13.9 Å². The maximum Gasteiger partial charge on any atom is 0.191 e. The lowest BCUT2D eigenvalue weighted by atomic mass is 9.74. The third kappa shape index (κ3) is 5.76. The highest BCUT2D eigenvalue weighted by molar-refractivity contribution is 14.0. The number of rotatable bonds is 6. The van der Waals surface area contributed by atoms with E-state index in [1.165, 1.54) is 6.07 Å². The van der Waals surface area contributed by atoms with Gasteiger partial charge in [-0.25, -0.2) is 14.1 Å². The fourth-order valence-corrected chi connectivity index (χ4v) is 4.46. The van der Waals surface area contributed by atoms with E-state index in [0.29, 0.717) is 26.4 Å². The fourth-order valence-electron chi connectivity index (χ4n) is 4.46. The zero-order valence-electron chi connectivity index (χ0n) is 18.6. The lowest BCUT2D eigenvalue weighted by Crippen LogP contribution is -2.51. The predicted octanol–water partition coefficient (Wildman–Crippen LogP) is 2.41. The van der Waals surface area contributed by atoms with E-state index >= 15 is 0 Å². The van der Waals surface area contributed by atoms with Gasteiger partial charge in [0.15, 0.2) is 11.8 Å². The van der Waals surface area contributed by atoms with Gasteiger partial charge >= 0.3 is 0 Å². The van der Waals surface area contributed by atoms with Gasteiger partial charge < -0.3 is 20.1 Å². The first-order valence-corrected chi connectivity index (χ1v) is 10.8. The summed E-state index contributed by atoms with van der Waals surface area (Å²) >= 11 is 0. The molecule has 1 atom stereocenters. The number of ether oxygens (including phenoxy) is 2. The van der Waals surface area contributed by atoms with Gasteiger partial charge in [0, 0.05) is 51.8 Å². The Bertz CT molecular complexity index is 916. The van der Waals surface area contributed by atoms with Gasteiger partial charge in [-0.15, -0.1) is 24.0 Å². The smallest absolute Gasteiger partial charge is 0.191 e. The summed E-state index contributed by atoms with van der Waals surface area (Å²) in [6.45, 7) is 3.17. The van der Waals surface area contributed by atoms with Crippen LogP contribution in [0.3, 0.4) is 0 Å². The summed E-state index contributed by atoms with van der Waals surface area (Å²) < 4.78 is 26.6.